The fourth-order valence-electron chi connectivity index (χ4n) is 0.693. The van der Waals surface area contributed by atoms with E-state index in [1.165, 1.54) is 19.0 Å². The minimum Gasteiger partial charge on any atom is -0.342 e. The van der Waals surface area contributed by atoms with E-state index in [-0.39, 0.29) is 9.68 Å². The van der Waals surface area contributed by atoms with E-state index in [1.54, 1.807) is 0 Å². The molecule has 0 atom stereocenters. The molecule has 2 heteroatoms. The van der Waals surface area contributed by atoms with Crippen LogP contribution in [0.2, 0.25) is 6.04 Å². The highest BCUT2D eigenvalue weighted by atomic mass is 28.2. The van der Waals surface area contributed by atoms with Gasteiger partial charge in [0.15, 0.2) is 0 Å². The van der Waals surface area contributed by atoms with Crippen LogP contribution in [0.15, 0.2) is 0 Å². The molecular formula is C7H19NSi. The highest BCUT2D eigenvalue weighted by Gasteiger charge is 1.90. The Hall–Kier alpha value is 0.177. The molecule has 0 spiro atoms. The SMILES string of the molecule is CCC[SiH2]NCC(C)C. The van der Waals surface area contributed by atoms with E-state index in [0.29, 0.717) is 0 Å². The van der Waals surface area contributed by atoms with Crippen molar-refractivity contribution in [3.8, 4) is 0 Å². The zero-order valence-corrected chi connectivity index (χ0v) is 8.32. The van der Waals surface area contributed by atoms with E-state index in [0.717, 1.165) is 5.92 Å². The summed E-state index contributed by atoms with van der Waals surface area (Å²) in [4.78, 5) is 3.52. The summed E-state index contributed by atoms with van der Waals surface area (Å²) >= 11 is 0. The van der Waals surface area contributed by atoms with Crippen molar-refractivity contribution in [2.45, 2.75) is 33.2 Å². The molecule has 0 amide bonds. The van der Waals surface area contributed by atoms with Crippen molar-refractivity contribution < 1.29 is 0 Å². The molecule has 1 N–H and O–H groups in total. The van der Waals surface area contributed by atoms with Crippen LogP contribution >= 0.6 is 0 Å². The van der Waals surface area contributed by atoms with Gasteiger partial charge in [0.1, 0.15) is 0 Å². The standard InChI is InChI=1S/C7H19NSi/c1-4-5-9-8-6-7(2)3/h7-8H,4-6,9H2,1-3H3. The number of rotatable bonds is 5. The molecule has 0 bridgehead atoms. The van der Waals surface area contributed by atoms with E-state index in [9.17, 15) is 0 Å². The second kappa shape index (κ2) is 6.30. The lowest BCUT2D eigenvalue weighted by Crippen LogP contribution is -2.23. The summed E-state index contributed by atoms with van der Waals surface area (Å²) in [7, 11) is 0.118. The lowest BCUT2D eigenvalue weighted by Gasteiger charge is -2.04. The van der Waals surface area contributed by atoms with Crippen molar-refractivity contribution >= 4 is 9.68 Å². The smallest absolute Gasteiger partial charge is 0.0916 e. The van der Waals surface area contributed by atoms with Gasteiger partial charge in [-0.1, -0.05) is 33.2 Å². The van der Waals surface area contributed by atoms with Crippen LogP contribution in [0.25, 0.3) is 0 Å². The van der Waals surface area contributed by atoms with Crippen molar-refractivity contribution in [2.75, 3.05) is 6.54 Å². The Kier molecular flexibility index (Phi) is 6.42. The van der Waals surface area contributed by atoms with Gasteiger partial charge < -0.3 is 4.98 Å². The molecule has 56 valence electrons. The van der Waals surface area contributed by atoms with Crippen molar-refractivity contribution in [3.63, 3.8) is 0 Å². The van der Waals surface area contributed by atoms with Gasteiger partial charge >= 0.3 is 0 Å². The molecule has 0 aliphatic rings. The Morgan fingerprint density at radius 3 is 2.56 bits per heavy atom. The van der Waals surface area contributed by atoms with Crippen LogP contribution in [0.4, 0.5) is 0 Å². The predicted molar refractivity (Wildman–Crippen MR) is 46.5 cm³/mol. The fraction of sp³-hybridized carbons (Fsp3) is 1.00. The third kappa shape index (κ3) is 8.18. The summed E-state index contributed by atoms with van der Waals surface area (Å²) in [6.45, 7) is 8.00. The van der Waals surface area contributed by atoms with Crippen molar-refractivity contribution in [1.29, 1.82) is 0 Å². The fourth-order valence-corrected chi connectivity index (χ4v) is 2.08. The van der Waals surface area contributed by atoms with E-state index in [2.05, 4.69) is 25.8 Å². The Labute approximate surface area is 61.1 Å². The topological polar surface area (TPSA) is 12.0 Å². The first-order valence-electron chi connectivity index (χ1n) is 3.98. The van der Waals surface area contributed by atoms with Gasteiger partial charge in [0.05, 0.1) is 9.68 Å². The average Bonchev–Trinajstić information content (AvgIpc) is 1.80. The summed E-state index contributed by atoms with van der Waals surface area (Å²) in [5.41, 5.74) is 0. The molecule has 0 unspecified atom stereocenters. The molecule has 0 heterocycles. The van der Waals surface area contributed by atoms with Crippen LogP contribution in [0, 0.1) is 5.92 Å². The quantitative estimate of drug-likeness (QED) is 0.452. The number of nitrogens with one attached hydrogen (secondary N) is 1. The molecule has 0 fully saturated rings. The Bertz CT molecular complexity index is 54.9. The molecule has 9 heavy (non-hydrogen) atoms. The molecule has 0 saturated heterocycles. The minimum absolute atomic E-state index is 0.118. The van der Waals surface area contributed by atoms with Gasteiger partial charge in [-0.15, -0.1) is 0 Å². The summed E-state index contributed by atoms with van der Waals surface area (Å²) in [6.07, 6.45) is 1.36. The monoisotopic (exact) mass is 145 g/mol. The maximum atomic E-state index is 3.52. The Morgan fingerprint density at radius 1 is 1.44 bits per heavy atom. The van der Waals surface area contributed by atoms with E-state index in [4.69, 9.17) is 0 Å². The van der Waals surface area contributed by atoms with E-state index in [1.807, 2.05) is 0 Å². The van der Waals surface area contributed by atoms with Gasteiger partial charge in [-0.05, 0) is 12.5 Å². The van der Waals surface area contributed by atoms with Crippen LogP contribution in [0.3, 0.4) is 0 Å². The van der Waals surface area contributed by atoms with E-state index < -0.39 is 0 Å². The van der Waals surface area contributed by atoms with Crippen LogP contribution < -0.4 is 4.98 Å². The van der Waals surface area contributed by atoms with Crippen molar-refractivity contribution in [1.82, 2.24) is 4.98 Å². The molecule has 0 aromatic rings. The van der Waals surface area contributed by atoms with Crippen LogP contribution in [-0.2, 0) is 0 Å². The lowest BCUT2D eigenvalue weighted by molar-refractivity contribution is 0.631. The van der Waals surface area contributed by atoms with Crippen LogP contribution in [0.5, 0.6) is 0 Å². The number of hydrogen-bond acceptors (Lipinski definition) is 1. The second-order valence-electron chi connectivity index (χ2n) is 2.95. The average molecular weight is 145 g/mol. The van der Waals surface area contributed by atoms with Gasteiger partial charge in [-0.2, -0.15) is 0 Å². The molecule has 0 saturated carbocycles. The molecular weight excluding hydrogens is 126 g/mol. The first-order chi connectivity index (χ1) is 4.27. The van der Waals surface area contributed by atoms with Crippen LogP contribution in [-0.4, -0.2) is 16.2 Å². The Balaban J connectivity index is 2.75. The third-order valence-corrected chi connectivity index (χ3v) is 2.96. The predicted octanol–water partition coefficient (Wildman–Crippen LogP) is 1.14. The van der Waals surface area contributed by atoms with Crippen molar-refractivity contribution in [2.24, 2.45) is 5.92 Å². The van der Waals surface area contributed by atoms with E-state index >= 15 is 0 Å². The van der Waals surface area contributed by atoms with Crippen molar-refractivity contribution in [3.05, 3.63) is 0 Å². The third-order valence-electron chi connectivity index (χ3n) is 1.26. The zero-order valence-electron chi connectivity index (χ0n) is 6.91. The minimum atomic E-state index is 0.118. The maximum absolute atomic E-state index is 3.52. The summed E-state index contributed by atoms with van der Waals surface area (Å²) < 4.78 is 0. The molecule has 1 nitrogen and oxygen atoms in total. The molecule has 0 aliphatic heterocycles. The van der Waals surface area contributed by atoms with Gasteiger partial charge in [0.2, 0.25) is 0 Å². The maximum Gasteiger partial charge on any atom is 0.0916 e. The summed E-state index contributed by atoms with van der Waals surface area (Å²) in [5, 5.41) is 0. The largest absolute Gasteiger partial charge is 0.342 e. The highest BCUT2D eigenvalue weighted by molar-refractivity contribution is 6.31. The Morgan fingerprint density at radius 2 is 2.11 bits per heavy atom. The zero-order chi connectivity index (χ0) is 7.11. The molecule has 0 aliphatic carbocycles. The molecule has 0 aromatic carbocycles. The first-order valence-corrected chi connectivity index (χ1v) is 5.68. The second-order valence-corrected chi connectivity index (χ2v) is 4.66. The summed E-state index contributed by atoms with van der Waals surface area (Å²) in [5.74, 6) is 0.828. The molecule has 0 rings (SSSR count). The molecule has 0 radical (unpaired) electrons. The van der Waals surface area contributed by atoms with Gasteiger partial charge in [-0.25, -0.2) is 0 Å². The first kappa shape index (κ1) is 9.18. The summed E-state index contributed by atoms with van der Waals surface area (Å²) in [6, 6.07) is 1.45. The number of hydrogen-bond donors (Lipinski definition) is 1. The van der Waals surface area contributed by atoms with Gasteiger partial charge in [0, 0.05) is 0 Å². The van der Waals surface area contributed by atoms with Crippen LogP contribution in [0.1, 0.15) is 27.2 Å². The molecule has 0 aromatic heterocycles. The van der Waals surface area contributed by atoms with Gasteiger partial charge in [0.25, 0.3) is 0 Å². The highest BCUT2D eigenvalue weighted by Crippen LogP contribution is 1.87. The normalized spacial score (nSPS) is 12.0. The lowest BCUT2D eigenvalue weighted by atomic mass is 10.2. The van der Waals surface area contributed by atoms with Gasteiger partial charge in [-0.3, -0.25) is 0 Å².